The smallest absolute Gasteiger partial charge is 0.240 e. The Morgan fingerprint density at radius 3 is 2.29 bits per heavy atom. The SMILES string of the molecule is COc1ccc(NC(=O)C2(C(=O)NCc3ccccc3OC)CC2)c(OC)c1. The van der Waals surface area contributed by atoms with E-state index in [1.807, 2.05) is 24.3 Å². The molecule has 28 heavy (non-hydrogen) atoms. The van der Waals surface area contributed by atoms with Gasteiger partial charge in [-0.3, -0.25) is 9.59 Å². The predicted octanol–water partition coefficient (Wildman–Crippen LogP) is 2.75. The second kappa shape index (κ2) is 8.21. The number of carbonyl (C=O) groups excluding carboxylic acids is 2. The lowest BCUT2D eigenvalue weighted by atomic mass is 10.0. The summed E-state index contributed by atoms with van der Waals surface area (Å²) >= 11 is 0. The van der Waals surface area contributed by atoms with E-state index < -0.39 is 5.41 Å². The van der Waals surface area contributed by atoms with Crippen LogP contribution in [0.2, 0.25) is 0 Å². The van der Waals surface area contributed by atoms with Gasteiger partial charge in [0.25, 0.3) is 0 Å². The second-order valence-corrected chi connectivity index (χ2v) is 6.60. The normalized spacial score (nSPS) is 14.0. The minimum absolute atomic E-state index is 0.289. The van der Waals surface area contributed by atoms with E-state index >= 15 is 0 Å². The highest BCUT2D eigenvalue weighted by molar-refractivity contribution is 6.13. The number of amides is 2. The van der Waals surface area contributed by atoms with Crippen molar-refractivity contribution in [2.45, 2.75) is 19.4 Å². The van der Waals surface area contributed by atoms with Crippen molar-refractivity contribution in [3.05, 3.63) is 48.0 Å². The average Bonchev–Trinajstić information content (AvgIpc) is 3.54. The molecule has 148 valence electrons. The van der Waals surface area contributed by atoms with Crippen LogP contribution in [0, 0.1) is 5.41 Å². The molecule has 2 N–H and O–H groups in total. The van der Waals surface area contributed by atoms with E-state index in [2.05, 4.69) is 10.6 Å². The maximum Gasteiger partial charge on any atom is 0.240 e. The standard InChI is InChI=1S/C21H24N2O5/c1-26-15-8-9-16(18(12-15)28-3)23-20(25)21(10-11-21)19(24)22-13-14-6-4-5-7-17(14)27-2/h4-9,12H,10-11,13H2,1-3H3,(H,22,24)(H,23,25). The zero-order valence-electron chi connectivity index (χ0n) is 16.2. The molecule has 1 aliphatic carbocycles. The molecule has 0 spiro atoms. The molecule has 0 aliphatic heterocycles. The summed E-state index contributed by atoms with van der Waals surface area (Å²) < 4.78 is 15.8. The highest BCUT2D eigenvalue weighted by atomic mass is 16.5. The quantitative estimate of drug-likeness (QED) is 0.684. The molecule has 2 aromatic rings. The number of rotatable bonds is 8. The zero-order chi connectivity index (χ0) is 20.1. The van der Waals surface area contributed by atoms with Crippen LogP contribution in [0.4, 0.5) is 5.69 Å². The van der Waals surface area contributed by atoms with Crippen LogP contribution in [-0.4, -0.2) is 33.1 Å². The molecular formula is C21H24N2O5. The lowest BCUT2D eigenvalue weighted by Crippen LogP contribution is -2.39. The molecule has 0 unspecified atom stereocenters. The monoisotopic (exact) mass is 384 g/mol. The van der Waals surface area contributed by atoms with Crippen molar-refractivity contribution in [2.75, 3.05) is 26.6 Å². The molecule has 2 amide bonds. The highest BCUT2D eigenvalue weighted by Crippen LogP contribution is 2.47. The fourth-order valence-electron chi connectivity index (χ4n) is 3.02. The topological polar surface area (TPSA) is 85.9 Å². The number of nitrogens with one attached hydrogen (secondary N) is 2. The largest absolute Gasteiger partial charge is 0.497 e. The van der Waals surface area contributed by atoms with E-state index in [0.717, 1.165) is 5.56 Å². The first-order chi connectivity index (χ1) is 13.5. The van der Waals surface area contributed by atoms with Gasteiger partial charge in [0.1, 0.15) is 22.7 Å². The predicted molar refractivity (Wildman–Crippen MR) is 105 cm³/mol. The molecule has 0 atom stereocenters. The van der Waals surface area contributed by atoms with Crippen LogP contribution in [0.25, 0.3) is 0 Å². The molecule has 7 nitrogen and oxygen atoms in total. The van der Waals surface area contributed by atoms with E-state index in [9.17, 15) is 9.59 Å². The molecule has 1 fully saturated rings. The van der Waals surface area contributed by atoms with Gasteiger partial charge >= 0.3 is 0 Å². The van der Waals surface area contributed by atoms with Gasteiger partial charge in [-0.1, -0.05) is 18.2 Å². The molecule has 7 heteroatoms. The molecule has 3 rings (SSSR count). The fourth-order valence-corrected chi connectivity index (χ4v) is 3.02. The van der Waals surface area contributed by atoms with Crippen LogP contribution in [0.3, 0.4) is 0 Å². The Morgan fingerprint density at radius 2 is 1.64 bits per heavy atom. The zero-order valence-corrected chi connectivity index (χ0v) is 16.2. The Hall–Kier alpha value is -3.22. The third-order valence-electron chi connectivity index (χ3n) is 4.91. The Bertz CT molecular complexity index is 877. The summed E-state index contributed by atoms with van der Waals surface area (Å²) in [5, 5.41) is 5.67. The lowest BCUT2D eigenvalue weighted by molar-refractivity contribution is -0.134. The van der Waals surface area contributed by atoms with Crippen molar-refractivity contribution in [1.82, 2.24) is 5.32 Å². The van der Waals surface area contributed by atoms with Crippen molar-refractivity contribution >= 4 is 17.5 Å². The number of carbonyl (C=O) groups is 2. The van der Waals surface area contributed by atoms with Gasteiger partial charge < -0.3 is 24.8 Å². The summed E-state index contributed by atoms with van der Waals surface area (Å²) in [6.45, 7) is 0.295. The van der Waals surface area contributed by atoms with E-state index in [-0.39, 0.29) is 11.8 Å². The summed E-state index contributed by atoms with van der Waals surface area (Å²) in [5.74, 6) is 1.15. The summed E-state index contributed by atoms with van der Waals surface area (Å²) in [6.07, 6.45) is 1.02. The molecule has 0 saturated heterocycles. The Labute approximate surface area is 164 Å². The number of hydrogen-bond acceptors (Lipinski definition) is 5. The van der Waals surface area contributed by atoms with Crippen molar-refractivity contribution in [2.24, 2.45) is 5.41 Å². The average molecular weight is 384 g/mol. The van der Waals surface area contributed by atoms with Gasteiger partial charge in [0.15, 0.2) is 0 Å². The summed E-state index contributed by atoms with van der Waals surface area (Å²) in [5.41, 5.74) is 0.302. The van der Waals surface area contributed by atoms with E-state index in [1.54, 1.807) is 32.4 Å². The fraction of sp³-hybridized carbons (Fsp3) is 0.333. The highest BCUT2D eigenvalue weighted by Gasteiger charge is 2.56. The van der Waals surface area contributed by atoms with E-state index in [0.29, 0.717) is 42.3 Å². The van der Waals surface area contributed by atoms with Crippen molar-refractivity contribution in [3.8, 4) is 17.2 Å². The van der Waals surface area contributed by atoms with Crippen molar-refractivity contribution < 1.29 is 23.8 Å². The molecule has 0 aromatic heterocycles. The van der Waals surface area contributed by atoms with Gasteiger partial charge in [0.2, 0.25) is 11.8 Å². The van der Waals surface area contributed by atoms with Crippen LogP contribution in [0.15, 0.2) is 42.5 Å². The third-order valence-corrected chi connectivity index (χ3v) is 4.91. The minimum Gasteiger partial charge on any atom is -0.497 e. The van der Waals surface area contributed by atoms with Gasteiger partial charge in [0, 0.05) is 18.2 Å². The molecule has 2 aromatic carbocycles. The lowest BCUT2D eigenvalue weighted by Gasteiger charge is -2.17. The number of anilines is 1. The maximum atomic E-state index is 12.8. The van der Waals surface area contributed by atoms with Crippen LogP contribution < -0.4 is 24.8 Å². The Kier molecular flexibility index (Phi) is 5.73. The van der Waals surface area contributed by atoms with Gasteiger partial charge in [-0.05, 0) is 31.0 Å². The van der Waals surface area contributed by atoms with Crippen LogP contribution >= 0.6 is 0 Å². The molecule has 1 saturated carbocycles. The first-order valence-corrected chi connectivity index (χ1v) is 8.97. The molecular weight excluding hydrogens is 360 g/mol. The van der Waals surface area contributed by atoms with E-state index in [4.69, 9.17) is 14.2 Å². The third kappa shape index (κ3) is 3.88. The number of benzene rings is 2. The number of hydrogen-bond donors (Lipinski definition) is 2. The molecule has 0 radical (unpaired) electrons. The maximum absolute atomic E-state index is 12.8. The van der Waals surface area contributed by atoms with Gasteiger partial charge in [0.05, 0.1) is 27.0 Å². The summed E-state index contributed by atoms with van der Waals surface area (Å²) in [6, 6.07) is 12.5. The van der Waals surface area contributed by atoms with Crippen molar-refractivity contribution in [1.29, 1.82) is 0 Å². The number of para-hydroxylation sites is 1. The van der Waals surface area contributed by atoms with Gasteiger partial charge in [-0.15, -0.1) is 0 Å². The van der Waals surface area contributed by atoms with Crippen LogP contribution in [-0.2, 0) is 16.1 Å². The number of ether oxygens (including phenoxy) is 3. The van der Waals surface area contributed by atoms with E-state index in [1.165, 1.54) is 7.11 Å². The molecule has 0 bridgehead atoms. The minimum atomic E-state index is -1.05. The van der Waals surface area contributed by atoms with Gasteiger partial charge in [-0.2, -0.15) is 0 Å². The van der Waals surface area contributed by atoms with Crippen LogP contribution in [0.1, 0.15) is 18.4 Å². The van der Waals surface area contributed by atoms with Gasteiger partial charge in [-0.25, -0.2) is 0 Å². The number of methoxy groups -OCH3 is 3. The second-order valence-electron chi connectivity index (χ2n) is 6.60. The summed E-state index contributed by atoms with van der Waals surface area (Å²) in [7, 11) is 4.65. The van der Waals surface area contributed by atoms with Crippen LogP contribution in [0.5, 0.6) is 17.2 Å². The summed E-state index contributed by atoms with van der Waals surface area (Å²) in [4.78, 5) is 25.5. The van der Waals surface area contributed by atoms with Crippen molar-refractivity contribution in [3.63, 3.8) is 0 Å². The first kappa shape index (κ1) is 19.5. The Morgan fingerprint density at radius 1 is 0.929 bits per heavy atom. The molecule has 0 heterocycles. The Balaban J connectivity index is 1.67. The first-order valence-electron chi connectivity index (χ1n) is 8.97. The molecule has 1 aliphatic rings.